The summed E-state index contributed by atoms with van der Waals surface area (Å²) < 4.78 is 0. The number of hydrogen-bond donors (Lipinski definition) is 0. The number of rotatable bonds is 9. The fourth-order valence-corrected chi connectivity index (χ4v) is 2.46. The first-order valence-corrected chi connectivity index (χ1v) is 8.31. The molecular formula is C17H29N3O. The van der Waals surface area contributed by atoms with Crippen molar-refractivity contribution in [2.24, 2.45) is 0 Å². The lowest BCUT2D eigenvalue weighted by Crippen LogP contribution is -2.41. The Morgan fingerprint density at radius 1 is 1.19 bits per heavy atom. The van der Waals surface area contributed by atoms with Crippen LogP contribution in [-0.2, 0) is 11.2 Å². The van der Waals surface area contributed by atoms with Crippen molar-refractivity contribution in [3.63, 3.8) is 0 Å². The first-order chi connectivity index (χ1) is 10.2. The summed E-state index contributed by atoms with van der Waals surface area (Å²) in [6.07, 6.45) is 8.24. The summed E-state index contributed by atoms with van der Waals surface area (Å²) in [5.74, 6) is 0.717. The Hall–Kier alpha value is -1.45. The Morgan fingerprint density at radius 2 is 1.90 bits per heavy atom. The van der Waals surface area contributed by atoms with Crippen LogP contribution in [0.3, 0.4) is 0 Å². The van der Waals surface area contributed by atoms with E-state index in [-0.39, 0.29) is 11.9 Å². The van der Waals surface area contributed by atoms with Crippen LogP contribution in [0, 0.1) is 0 Å². The quantitative estimate of drug-likeness (QED) is 0.687. The second-order valence-electron chi connectivity index (χ2n) is 5.44. The van der Waals surface area contributed by atoms with E-state index in [0.29, 0.717) is 12.4 Å². The van der Waals surface area contributed by atoms with E-state index in [0.717, 1.165) is 44.2 Å². The minimum Gasteiger partial charge on any atom is -0.278 e. The number of aryl methyl sites for hydroxylation is 1. The van der Waals surface area contributed by atoms with Gasteiger partial charge in [-0.1, -0.05) is 34.1 Å². The summed E-state index contributed by atoms with van der Waals surface area (Å²) in [7, 11) is 0. The molecule has 0 aliphatic heterocycles. The van der Waals surface area contributed by atoms with Crippen molar-refractivity contribution >= 4 is 11.9 Å². The molecule has 0 aromatic carbocycles. The molecule has 0 bridgehead atoms. The van der Waals surface area contributed by atoms with Crippen molar-refractivity contribution in [1.82, 2.24) is 9.97 Å². The van der Waals surface area contributed by atoms with Crippen molar-refractivity contribution < 1.29 is 4.79 Å². The minimum absolute atomic E-state index is 0.138. The molecule has 4 heteroatoms. The number of nitrogens with zero attached hydrogens (tertiary/aromatic N) is 3. The predicted octanol–water partition coefficient (Wildman–Crippen LogP) is 4.14. The van der Waals surface area contributed by atoms with Crippen molar-refractivity contribution in [2.45, 2.75) is 78.7 Å². The van der Waals surface area contributed by atoms with Crippen LogP contribution in [0.25, 0.3) is 0 Å². The molecule has 118 valence electrons. The third kappa shape index (κ3) is 5.10. The van der Waals surface area contributed by atoms with Crippen molar-refractivity contribution in [3.8, 4) is 0 Å². The second kappa shape index (κ2) is 9.48. The highest BCUT2D eigenvalue weighted by Gasteiger charge is 2.24. The molecular weight excluding hydrogens is 262 g/mol. The zero-order valence-corrected chi connectivity index (χ0v) is 13.9. The topological polar surface area (TPSA) is 46.1 Å². The van der Waals surface area contributed by atoms with Crippen LogP contribution in [-0.4, -0.2) is 21.9 Å². The number of carbonyl (C=O) groups is 1. The number of carbonyl (C=O) groups excluding carboxylic acids is 1. The van der Waals surface area contributed by atoms with Gasteiger partial charge in [-0.05, 0) is 38.2 Å². The zero-order valence-electron chi connectivity index (χ0n) is 13.9. The maximum absolute atomic E-state index is 12.5. The monoisotopic (exact) mass is 291 g/mol. The molecule has 0 spiro atoms. The van der Waals surface area contributed by atoms with Crippen LogP contribution in [0.2, 0.25) is 0 Å². The number of hydrogen-bond acceptors (Lipinski definition) is 3. The number of unbranched alkanes of at least 4 members (excludes halogenated alkanes) is 1. The molecule has 0 atom stereocenters. The Labute approximate surface area is 129 Å². The van der Waals surface area contributed by atoms with Crippen molar-refractivity contribution in [2.75, 3.05) is 4.90 Å². The normalized spacial score (nSPS) is 10.9. The van der Waals surface area contributed by atoms with Crippen LogP contribution < -0.4 is 4.90 Å². The van der Waals surface area contributed by atoms with Gasteiger partial charge in [0, 0.05) is 24.4 Å². The molecule has 1 amide bonds. The number of amides is 1. The predicted molar refractivity (Wildman–Crippen MR) is 87.4 cm³/mol. The van der Waals surface area contributed by atoms with Crippen LogP contribution in [0.1, 0.15) is 71.9 Å². The molecule has 0 fully saturated rings. The highest BCUT2D eigenvalue weighted by Crippen LogP contribution is 2.19. The van der Waals surface area contributed by atoms with Crippen LogP contribution in [0.15, 0.2) is 12.3 Å². The van der Waals surface area contributed by atoms with E-state index < -0.39 is 0 Å². The Morgan fingerprint density at radius 3 is 2.48 bits per heavy atom. The van der Waals surface area contributed by atoms with Gasteiger partial charge < -0.3 is 0 Å². The van der Waals surface area contributed by atoms with Gasteiger partial charge in [-0.3, -0.25) is 9.69 Å². The highest BCUT2D eigenvalue weighted by molar-refractivity contribution is 5.92. The van der Waals surface area contributed by atoms with E-state index in [9.17, 15) is 4.79 Å². The molecule has 0 aliphatic carbocycles. The molecule has 21 heavy (non-hydrogen) atoms. The van der Waals surface area contributed by atoms with Gasteiger partial charge in [-0.15, -0.1) is 0 Å². The average Bonchev–Trinajstić information content (AvgIpc) is 2.50. The molecule has 0 unspecified atom stereocenters. The summed E-state index contributed by atoms with van der Waals surface area (Å²) in [5.41, 5.74) is 1.03. The first kappa shape index (κ1) is 17.6. The van der Waals surface area contributed by atoms with E-state index in [4.69, 9.17) is 0 Å². The van der Waals surface area contributed by atoms with Crippen LogP contribution in [0.4, 0.5) is 5.95 Å². The third-order valence-electron chi connectivity index (χ3n) is 3.74. The van der Waals surface area contributed by atoms with Crippen LogP contribution in [0.5, 0.6) is 0 Å². The van der Waals surface area contributed by atoms with Gasteiger partial charge in [0.05, 0.1) is 0 Å². The molecule has 0 N–H and O–H groups in total. The molecule has 0 saturated heterocycles. The molecule has 1 aromatic heterocycles. The molecule has 0 radical (unpaired) electrons. The molecule has 4 nitrogen and oxygen atoms in total. The summed E-state index contributed by atoms with van der Waals surface area (Å²) >= 11 is 0. The van der Waals surface area contributed by atoms with Crippen molar-refractivity contribution in [3.05, 3.63) is 18.0 Å². The zero-order chi connectivity index (χ0) is 15.7. The fourth-order valence-electron chi connectivity index (χ4n) is 2.46. The SMILES string of the molecule is CCCCc1ccnc(N(C(=O)CCC)C(CC)CC)n1. The molecule has 0 saturated carbocycles. The Balaban J connectivity index is 3.04. The Bertz CT molecular complexity index is 430. The maximum atomic E-state index is 12.5. The van der Waals surface area contributed by atoms with Gasteiger partial charge in [0.25, 0.3) is 0 Å². The fraction of sp³-hybridized carbons (Fsp3) is 0.706. The summed E-state index contributed by atoms with van der Waals surface area (Å²) in [4.78, 5) is 23.3. The van der Waals surface area contributed by atoms with Gasteiger partial charge in [-0.25, -0.2) is 9.97 Å². The molecule has 1 rings (SSSR count). The lowest BCUT2D eigenvalue weighted by Gasteiger charge is -2.28. The maximum Gasteiger partial charge on any atom is 0.232 e. The second-order valence-corrected chi connectivity index (χ2v) is 5.44. The summed E-state index contributed by atoms with van der Waals surface area (Å²) in [6.45, 7) is 8.42. The van der Waals surface area contributed by atoms with Crippen molar-refractivity contribution in [1.29, 1.82) is 0 Å². The Kier molecular flexibility index (Phi) is 7.95. The molecule has 0 aliphatic rings. The molecule has 1 heterocycles. The lowest BCUT2D eigenvalue weighted by atomic mass is 10.1. The van der Waals surface area contributed by atoms with Gasteiger partial charge in [0.15, 0.2) is 0 Å². The van der Waals surface area contributed by atoms with Gasteiger partial charge in [0.1, 0.15) is 0 Å². The van der Waals surface area contributed by atoms with Crippen LogP contribution >= 0.6 is 0 Å². The number of aromatic nitrogens is 2. The van der Waals surface area contributed by atoms with E-state index in [1.54, 1.807) is 6.20 Å². The number of anilines is 1. The summed E-state index contributed by atoms with van der Waals surface area (Å²) in [6, 6.07) is 2.14. The lowest BCUT2D eigenvalue weighted by molar-refractivity contribution is -0.119. The van der Waals surface area contributed by atoms with Gasteiger partial charge in [-0.2, -0.15) is 0 Å². The smallest absolute Gasteiger partial charge is 0.232 e. The standard InChI is InChI=1S/C17H29N3O/c1-5-9-11-14-12-13-18-17(19-14)20(15(7-3)8-4)16(21)10-6-2/h12-13,15H,5-11H2,1-4H3. The van der Waals surface area contributed by atoms with Gasteiger partial charge >= 0.3 is 0 Å². The minimum atomic E-state index is 0.138. The third-order valence-corrected chi connectivity index (χ3v) is 3.74. The highest BCUT2D eigenvalue weighted by atomic mass is 16.2. The van der Waals surface area contributed by atoms with E-state index >= 15 is 0 Å². The van der Waals surface area contributed by atoms with Gasteiger partial charge in [0.2, 0.25) is 11.9 Å². The van der Waals surface area contributed by atoms with E-state index in [1.807, 2.05) is 17.9 Å². The summed E-state index contributed by atoms with van der Waals surface area (Å²) in [5, 5.41) is 0. The molecule has 1 aromatic rings. The van der Waals surface area contributed by atoms with E-state index in [1.165, 1.54) is 0 Å². The largest absolute Gasteiger partial charge is 0.278 e. The van der Waals surface area contributed by atoms with E-state index in [2.05, 4.69) is 30.7 Å². The first-order valence-electron chi connectivity index (χ1n) is 8.31. The average molecular weight is 291 g/mol.